The summed E-state index contributed by atoms with van der Waals surface area (Å²) < 4.78 is 19.8. The Bertz CT molecular complexity index is 627. The lowest BCUT2D eigenvalue weighted by Gasteiger charge is -2.30. The van der Waals surface area contributed by atoms with E-state index in [9.17, 15) is 4.39 Å². The van der Waals surface area contributed by atoms with E-state index in [1.54, 1.807) is 12.1 Å². The number of hydrogen-bond donors (Lipinski definition) is 1. The van der Waals surface area contributed by atoms with Crippen molar-refractivity contribution in [2.75, 3.05) is 26.2 Å². The molecule has 0 radical (unpaired) electrons. The van der Waals surface area contributed by atoms with Crippen LogP contribution in [-0.2, 0) is 0 Å². The van der Waals surface area contributed by atoms with Crippen LogP contribution in [0.2, 0.25) is 0 Å². The Morgan fingerprint density at radius 2 is 2.14 bits per heavy atom. The summed E-state index contributed by atoms with van der Waals surface area (Å²) in [5.74, 6) is 0.431. The first-order chi connectivity index (χ1) is 10.1. The van der Waals surface area contributed by atoms with Gasteiger partial charge >= 0.3 is 0 Å². The maximum Gasteiger partial charge on any atom is 0.260 e. The molecule has 112 valence electrons. The highest BCUT2D eigenvalue weighted by molar-refractivity contribution is 9.10. The Labute approximate surface area is 130 Å². The molecule has 0 aliphatic carbocycles. The van der Waals surface area contributed by atoms with Crippen molar-refractivity contribution in [3.63, 3.8) is 0 Å². The molecule has 0 spiro atoms. The van der Waals surface area contributed by atoms with Gasteiger partial charge in [0.1, 0.15) is 5.82 Å². The fourth-order valence-electron chi connectivity index (χ4n) is 2.41. The van der Waals surface area contributed by atoms with Crippen molar-refractivity contribution in [3.05, 3.63) is 34.3 Å². The second kappa shape index (κ2) is 6.21. The average molecular weight is 355 g/mol. The predicted octanol–water partition coefficient (Wildman–Crippen LogP) is 2.60. The van der Waals surface area contributed by atoms with Crippen molar-refractivity contribution < 1.29 is 8.91 Å². The van der Waals surface area contributed by atoms with Gasteiger partial charge < -0.3 is 9.84 Å². The molecule has 1 aromatic carbocycles. The molecule has 1 aromatic heterocycles. The quantitative estimate of drug-likeness (QED) is 0.917. The maximum absolute atomic E-state index is 13.9. The van der Waals surface area contributed by atoms with Crippen LogP contribution in [0, 0.1) is 5.82 Å². The zero-order chi connectivity index (χ0) is 14.8. The third kappa shape index (κ3) is 3.14. The van der Waals surface area contributed by atoms with Gasteiger partial charge in [0.2, 0.25) is 0 Å². The normalized spacial score (nSPS) is 17.9. The van der Waals surface area contributed by atoms with Crippen molar-refractivity contribution in [1.29, 1.82) is 0 Å². The molecular formula is C14H16BrFN4O. The SMILES string of the molecule is CC(c1noc(-c2ccc(Br)cc2F)n1)N1CCNCC1. The van der Waals surface area contributed by atoms with Gasteiger partial charge in [0.15, 0.2) is 5.82 Å². The number of rotatable bonds is 3. The van der Waals surface area contributed by atoms with Gasteiger partial charge in [0.05, 0.1) is 11.6 Å². The first kappa shape index (κ1) is 14.6. The highest BCUT2D eigenvalue weighted by atomic mass is 79.9. The van der Waals surface area contributed by atoms with Gasteiger partial charge in [-0.05, 0) is 25.1 Å². The van der Waals surface area contributed by atoms with Gasteiger partial charge in [-0.1, -0.05) is 21.1 Å². The molecule has 1 aliphatic heterocycles. The molecule has 5 nitrogen and oxygen atoms in total. The van der Waals surface area contributed by atoms with E-state index in [-0.39, 0.29) is 17.7 Å². The Kier molecular flexibility index (Phi) is 4.32. The lowest BCUT2D eigenvalue weighted by Crippen LogP contribution is -2.44. The highest BCUT2D eigenvalue weighted by Crippen LogP contribution is 2.26. The molecule has 21 heavy (non-hydrogen) atoms. The molecule has 1 aliphatic rings. The van der Waals surface area contributed by atoms with E-state index in [4.69, 9.17) is 4.52 Å². The number of nitrogens with one attached hydrogen (secondary N) is 1. The molecule has 1 N–H and O–H groups in total. The molecule has 7 heteroatoms. The minimum atomic E-state index is -0.380. The number of aromatic nitrogens is 2. The summed E-state index contributed by atoms with van der Waals surface area (Å²) in [6.07, 6.45) is 0. The minimum Gasteiger partial charge on any atom is -0.334 e. The van der Waals surface area contributed by atoms with Crippen molar-refractivity contribution in [1.82, 2.24) is 20.4 Å². The molecule has 1 fully saturated rings. The summed E-state index contributed by atoms with van der Waals surface area (Å²) in [5, 5.41) is 7.31. The third-order valence-electron chi connectivity index (χ3n) is 3.68. The molecule has 3 rings (SSSR count). The van der Waals surface area contributed by atoms with Crippen molar-refractivity contribution in [2.24, 2.45) is 0 Å². The first-order valence-corrected chi connectivity index (χ1v) is 7.68. The first-order valence-electron chi connectivity index (χ1n) is 6.89. The molecular weight excluding hydrogens is 339 g/mol. The van der Waals surface area contributed by atoms with Gasteiger partial charge in [-0.25, -0.2) is 4.39 Å². The Hall–Kier alpha value is -1.31. The van der Waals surface area contributed by atoms with E-state index < -0.39 is 0 Å². The summed E-state index contributed by atoms with van der Waals surface area (Å²) in [6.45, 7) is 5.83. The average Bonchev–Trinajstić information content (AvgIpc) is 2.97. The van der Waals surface area contributed by atoms with Gasteiger partial charge in [-0.3, -0.25) is 4.90 Å². The fraction of sp³-hybridized carbons (Fsp3) is 0.429. The molecule has 2 heterocycles. The van der Waals surface area contributed by atoms with Crippen molar-refractivity contribution in [2.45, 2.75) is 13.0 Å². The Balaban J connectivity index is 1.82. The maximum atomic E-state index is 13.9. The minimum absolute atomic E-state index is 0.0584. The third-order valence-corrected chi connectivity index (χ3v) is 4.17. The smallest absolute Gasteiger partial charge is 0.260 e. The van der Waals surface area contributed by atoms with Crippen LogP contribution in [0.15, 0.2) is 27.2 Å². The second-order valence-electron chi connectivity index (χ2n) is 5.04. The number of benzene rings is 1. The molecule has 1 unspecified atom stereocenters. The van der Waals surface area contributed by atoms with E-state index in [1.165, 1.54) is 6.07 Å². The number of halogens is 2. The Morgan fingerprint density at radius 1 is 1.38 bits per heavy atom. The summed E-state index contributed by atoms with van der Waals surface area (Å²) in [5.41, 5.74) is 0.324. The molecule has 0 amide bonds. The fourth-order valence-corrected chi connectivity index (χ4v) is 2.74. The van der Waals surface area contributed by atoms with Gasteiger partial charge in [-0.15, -0.1) is 0 Å². The summed E-state index contributed by atoms with van der Waals surface area (Å²) >= 11 is 3.23. The monoisotopic (exact) mass is 354 g/mol. The van der Waals surface area contributed by atoms with Crippen LogP contribution in [0.1, 0.15) is 18.8 Å². The summed E-state index contributed by atoms with van der Waals surface area (Å²) in [6, 6.07) is 4.83. The largest absolute Gasteiger partial charge is 0.334 e. The zero-order valence-electron chi connectivity index (χ0n) is 11.6. The van der Waals surface area contributed by atoms with E-state index >= 15 is 0 Å². The van der Waals surface area contributed by atoms with Crippen LogP contribution >= 0.6 is 15.9 Å². The molecule has 2 aromatic rings. The van der Waals surface area contributed by atoms with Crippen LogP contribution in [0.3, 0.4) is 0 Å². The zero-order valence-corrected chi connectivity index (χ0v) is 13.2. The second-order valence-corrected chi connectivity index (χ2v) is 5.96. The van der Waals surface area contributed by atoms with Gasteiger partial charge in [0, 0.05) is 30.7 Å². The number of hydrogen-bond acceptors (Lipinski definition) is 5. The van der Waals surface area contributed by atoms with Crippen molar-refractivity contribution >= 4 is 15.9 Å². The highest BCUT2D eigenvalue weighted by Gasteiger charge is 2.23. The summed E-state index contributed by atoms with van der Waals surface area (Å²) in [4.78, 5) is 6.63. The van der Waals surface area contributed by atoms with Gasteiger partial charge in [-0.2, -0.15) is 4.98 Å². The lowest BCUT2D eigenvalue weighted by molar-refractivity contribution is 0.176. The van der Waals surface area contributed by atoms with Crippen LogP contribution in [-0.4, -0.2) is 41.2 Å². The van der Waals surface area contributed by atoms with Crippen LogP contribution in [0.5, 0.6) is 0 Å². The molecule has 1 atom stereocenters. The van der Waals surface area contributed by atoms with Crippen LogP contribution < -0.4 is 5.32 Å². The van der Waals surface area contributed by atoms with Crippen molar-refractivity contribution in [3.8, 4) is 11.5 Å². The van der Waals surface area contributed by atoms with E-state index in [1.807, 2.05) is 6.92 Å². The van der Waals surface area contributed by atoms with E-state index in [0.717, 1.165) is 26.2 Å². The molecule has 0 bridgehead atoms. The topological polar surface area (TPSA) is 54.2 Å². The van der Waals surface area contributed by atoms with Crippen LogP contribution in [0.4, 0.5) is 4.39 Å². The molecule has 0 saturated carbocycles. The standard InChI is InChI=1S/C14H16BrFN4O/c1-9(20-6-4-17-5-7-20)13-18-14(21-19-13)11-3-2-10(15)8-12(11)16/h2-3,8-9,17H,4-7H2,1H3. The van der Waals surface area contributed by atoms with E-state index in [0.29, 0.717) is 15.9 Å². The summed E-state index contributed by atoms with van der Waals surface area (Å²) in [7, 11) is 0. The Morgan fingerprint density at radius 3 is 2.86 bits per heavy atom. The van der Waals surface area contributed by atoms with Crippen LogP contribution in [0.25, 0.3) is 11.5 Å². The molecule has 1 saturated heterocycles. The van der Waals surface area contributed by atoms with E-state index in [2.05, 4.69) is 36.3 Å². The lowest BCUT2D eigenvalue weighted by atomic mass is 10.2. The van der Waals surface area contributed by atoms with Gasteiger partial charge in [0.25, 0.3) is 5.89 Å². The number of nitrogens with zero attached hydrogens (tertiary/aromatic N) is 3. The number of piperazine rings is 1. The predicted molar refractivity (Wildman–Crippen MR) is 80.2 cm³/mol.